The molecule has 0 amide bonds. The van der Waals surface area contributed by atoms with Crippen molar-refractivity contribution in [2.75, 3.05) is 7.05 Å². The van der Waals surface area contributed by atoms with Gasteiger partial charge in [0.15, 0.2) is 0 Å². The molecule has 5 heteroatoms. The number of likely N-dealkylation sites (N-methyl/N-ethyl adjacent to an activating group) is 1. The van der Waals surface area contributed by atoms with Gasteiger partial charge in [0.2, 0.25) is 0 Å². The van der Waals surface area contributed by atoms with Crippen molar-refractivity contribution < 1.29 is 4.39 Å². The fourth-order valence-electron chi connectivity index (χ4n) is 2.48. The van der Waals surface area contributed by atoms with Crippen molar-refractivity contribution in [1.29, 1.82) is 0 Å². The molecule has 1 heterocycles. The molecule has 0 saturated carbocycles. The molecule has 1 atom stereocenters. The van der Waals surface area contributed by atoms with Crippen LogP contribution in [0.15, 0.2) is 24.3 Å². The van der Waals surface area contributed by atoms with E-state index in [1.54, 1.807) is 12.1 Å². The Morgan fingerprint density at radius 3 is 2.71 bits per heavy atom. The van der Waals surface area contributed by atoms with Gasteiger partial charge in [0.05, 0.1) is 5.69 Å². The van der Waals surface area contributed by atoms with Crippen LogP contribution in [0.1, 0.15) is 36.8 Å². The third-order valence-electron chi connectivity index (χ3n) is 3.67. The average Bonchev–Trinajstić information content (AvgIpc) is 2.89. The molecule has 1 unspecified atom stereocenters. The highest BCUT2D eigenvalue weighted by molar-refractivity contribution is 6.30. The minimum absolute atomic E-state index is 0.129. The molecule has 0 saturated heterocycles. The van der Waals surface area contributed by atoms with Crippen LogP contribution in [0.4, 0.5) is 4.39 Å². The molecule has 1 aromatic heterocycles. The summed E-state index contributed by atoms with van der Waals surface area (Å²) in [4.78, 5) is 0. The Morgan fingerprint density at radius 1 is 1.33 bits per heavy atom. The highest BCUT2D eigenvalue weighted by Gasteiger charge is 2.18. The van der Waals surface area contributed by atoms with Crippen molar-refractivity contribution in [2.24, 2.45) is 0 Å². The summed E-state index contributed by atoms with van der Waals surface area (Å²) in [5, 5.41) is 8.26. The summed E-state index contributed by atoms with van der Waals surface area (Å²) in [5.74, 6) is -0.239. The Labute approximate surface area is 130 Å². The smallest absolute Gasteiger partial charge is 0.128 e. The van der Waals surface area contributed by atoms with E-state index in [0.29, 0.717) is 17.0 Å². The zero-order valence-electron chi connectivity index (χ0n) is 12.7. The van der Waals surface area contributed by atoms with Crippen molar-refractivity contribution in [3.63, 3.8) is 0 Å². The van der Waals surface area contributed by atoms with E-state index in [-0.39, 0.29) is 11.9 Å². The van der Waals surface area contributed by atoms with Gasteiger partial charge in [-0.05, 0) is 44.7 Å². The lowest BCUT2D eigenvalue weighted by Crippen LogP contribution is -2.21. The SMILES string of the molecule is CCc1cc(CC(NC)c2cc(Cl)ccc2F)n(CC)n1. The largest absolute Gasteiger partial charge is 0.313 e. The Morgan fingerprint density at radius 2 is 2.10 bits per heavy atom. The fourth-order valence-corrected chi connectivity index (χ4v) is 2.66. The minimum atomic E-state index is -0.239. The third-order valence-corrected chi connectivity index (χ3v) is 3.91. The first-order chi connectivity index (χ1) is 10.1. The van der Waals surface area contributed by atoms with Gasteiger partial charge in [-0.3, -0.25) is 4.68 Å². The van der Waals surface area contributed by atoms with Gasteiger partial charge in [-0.15, -0.1) is 0 Å². The molecule has 0 radical (unpaired) electrons. The number of hydrogen-bond acceptors (Lipinski definition) is 2. The number of hydrogen-bond donors (Lipinski definition) is 1. The number of aryl methyl sites for hydroxylation is 2. The lowest BCUT2D eigenvalue weighted by Gasteiger charge is -2.18. The molecule has 2 rings (SSSR count). The Hall–Kier alpha value is -1.39. The number of rotatable bonds is 6. The molecule has 0 fully saturated rings. The molecule has 21 heavy (non-hydrogen) atoms. The first-order valence-electron chi connectivity index (χ1n) is 7.26. The zero-order chi connectivity index (χ0) is 15.4. The molecule has 2 aromatic rings. The van der Waals surface area contributed by atoms with Crippen molar-refractivity contribution >= 4 is 11.6 Å². The molecular formula is C16H21ClFN3. The Balaban J connectivity index is 2.30. The molecule has 1 N–H and O–H groups in total. The third kappa shape index (κ3) is 3.63. The van der Waals surface area contributed by atoms with E-state index in [9.17, 15) is 4.39 Å². The number of nitrogens with one attached hydrogen (secondary N) is 1. The molecule has 1 aromatic carbocycles. The predicted octanol–water partition coefficient (Wildman–Crippen LogP) is 3.76. The van der Waals surface area contributed by atoms with Gasteiger partial charge >= 0.3 is 0 Å². The van der Waals surface area contributed by atoms with E-state index >= 15 is 0 Å². The Kier molecular flexibility index (Phi) is 5.37. The minimum Gasteiger partial charge on any atom is -0.313 e. The fraction of sp³-hybridized carbons (Fsp3) is 0.438. The summed E-state index contributed by atoms with van der Waals surface area (Å²) in [6.45, 7) is 4.95. The second kappa shape index (κ2) is 7.05. The van der Waals surface area contributed by atoms with E-state index in [1.807, 2.05) is 11.7 Å². The number of halogens is 2. The number of nitrogens with zero attached hydrogens (tertiary/aromatic N) is 2. The molecule has 0 aliphatic heterocycles. The molecular weight excluding hydrogens is 289 g/mol. The van der Waals surface area contributed by atoms with E-state index < -0.39 is 0 Å². The van der Waals surface area contributed by atoms with Crippen LogP contribution in [-0.2, 0) is 19.4 Å². The van der Waals surface area contributed by atoms with Gasteiger partial charge in [0.25, 0.3) is 0 Å². The van der Waals surface area contributed by atoms with Gasteiger partial charge in [0, 0.05) is 35.3 Å². The molecule has 0 bridgehead atoms. The standard InChI is InChI=1S/C16H21ClFN3/c1-4-12-9-13(21(5-2)20-12)10-16(19-3)14-8-11(17)6-7-15(14)18/h6-9,16,19H,4-5,10H2,1-3H3. The van der Waals surface area contributed by atoms with Crippen molar-refractivity contribution in [2.45, 2.75) is 39.3 Å². The summed E-state index contributed by atoms with van der Waals surface area (Å²) >= 11 is 5.99. The maximum Gasteiger partial charge on any atom is 0.128 e. The Bertz CT molecular complexity index is 610. The second-order valence-corrected chi connectivity index (χ2v) is 5.44. The molecule has 0 aliphatic rings. The van der Waals surface area contributed by atoms with E-state index in [4.69, 9.17) is 11.6 Å². The van der Waals surface area contributed by atoms with Crippen LogP contribution in [0.25, 0.3) is 0 Å². The van der Waals surface area contributed by atoms with Crippen LogP contribution in [-0.4, -0.2) is 16.8 Å². The summed E-state index contributed by atoms with van der Waals surface area (Å²) in [7, 11) is 1.83. The van der Waals surface area contributed by atoms with Crippen molar-refractivity contribution in [1.82, 2.24) is 15.1 Å². The summed E-state index contributed by atoms with van der Waals surface area (Å²) in [5.41, 5.74) is 2.76. The predicted molar refractivity (Wildman–Crippen MR) is 84.2 cm³/mol. The van der Waals surface area contributed by atoms with Gasteiger partial charge in [0.1, 0.15) is 5.82 Å². The van der Waals surface area contributed by atoms with Crippen LogP contribution in [0, 0.1) is 5.82 Å². The van der Waals surface area contributed by atoms with Crippen LogP contribution < -0.4 is 5.32 Å². The normalized spacial score (nSPS) is 12.6. The first-order valence-corrected chi connectivity index (χ1v) is 7.64. The molecule has 3 nitrogen and oxygen atoms in total. The summed E-state index contributed by atoms with van der Waals surface area (Å²) in [6.07, 6.45) is 1.57. The maximum absolute atomic E-state index is 14.0. The zero-order valence-corrected chi connectivity index (χ0v) is 13.4. The monoisotopic (exact) mass is 309 g/mol. The average molecular weight is 310 g/mol. The van der Waals surface area contributed by atoms with Gasteiger partial charge in [-0.2, -0.15) is 5.10 Å². The number of benzene rings is 1. The molecule has 0 aliphatic carbocycles. The quantitative estimate of drug-likeness (QED) is 0.880. The summed E-state index contributed by atoms with van der Waals surface area (Å²) < 4.78 is 16.0. The molecule has 0 spiro atoms. The van der Waals surface area contributed by atoms with Gasteiger partial charge < -0.3 is 5.32 Å². The lowest BCUT2D eigenvalue weighted by atomic mass is 10.0. The number of aromatic nitrogens is 2. The van der Waals surface area contributed by atoms with Crippen LogP contribution in [0.5, 0.6) is 0 Å². The van der Waals surface area contributed by atoms with Gasteiger partial charge in [-0.25, -0.2) is 4.39 Å². The first kappa shape index (κ1) is 16.0. The van der Waals surface area contributed by atoms with E-state index in [2.05, 4.69) is 30.3 Å². The second-order valence-electron chi connectivity index (χ2n) is 5.01. The topological polar surface area (TPSA) is 29.9 Å². The highest BCUT2D eigenvalue weighted by atomic mass is 35.5. The van der Waals surface area contributed by atoms with Crippen LogP contribution >= 0.6 is 11.6 Å². The van der Waals surface area contributed by atoms with Crippen LogP contribution in [0.3, 0.4) is 0 Å². The van der Waals surface area contributed by atoms with Crippen LogP contribution in [0.2, 0.25) is 5.02 Å². The van der Waals surface area contributed by atoms with Crippen molar-refractivity contribution in [3.8, 4) is 0 Å². The summed E-state index contributed by atoms with van der Waals surface area (Å²) in [6, 6.07) is 6.63. The molecule has 114 valence electrons. The lowest BCUT2D eigenvalue weighted by molar-refractivity contribution is 0.510. The highest BCUT2D eigenvalue weighted by Crippen LogP contribution is 2.24. The maximum atomic E-state index is 14.0. The van der Waals surface area contributed by atoms with Crippen molar-refractivity contribution in [3.05, 3.63) is 52.1 Å². The van der Waals surface area contributed by atoms with Gasteiger partial charge in [-0.1, -0.05) is 18.5 Å². The van der Waals surface area contributed by atoms with E-state index in [1.165, 1.54) is 6.07 Å². The van der Waals surface area contributed by atoms with E-state index in [0.717, 1.165) is 24.4 Å².